The van der Waals surface area contributed by atoms with Gasteiger partial charge in [-0.15, -0.1) is 0 Å². The van der Waals surface area contributed by atoms with E-state index in [4.69, 9.17) is 4.18 Å². The highest BCUT2D eigenvalue weighted by atomic mass is 32.2. The van der Waals surface area contributed by atoms with Crippen LogP contribution in [0, 0.1) is 20.8 Å². The molecule has 0 aliphatic carbocycles. The molecule has 1 amide bonds. The average Bonchev–Trinajstić information content (AvgIpc) is 2.95. The highest BCUT2D eigenvalue weighted by molar-refractivity contribution is 7.87. The SMILES string of the molecule is CCc1c(C)nn(-c2nc(C)cc(C)n2)c1OS(=O)(=O)c1ccc(NC(C)=O)cc1. The number of anilines is 1. The van der Waals surface area contributed by atoms with Crippen molar-refractivity contribution < 1.29 is 17.4 Å². The zero-order valence-corrected chi connectivity index (χ0v) is 18.2. The van der Waals surface area contributed by atoms with Crippen LogP contribution in [0.25, 0.3) is 5.95 Å². The summed E-state index contributed by atoms with van der Waals surface area (Å²) in [6, 6.07) is 7.54. The van der Waals surface area contributed by atoms with Crippen molar-refractivity contribution in [2.24, 2.45) is 0 Å². The first kappa shape index (κ1) is 21.4. The van der Waals surface area contributed by atoms with Crippen molar-refractivity contribution >= 4 is 21.7 Å². The highest BCUT2D eigenvalue weighted by Crippen LogP contribution is 2.29. The van der Waals surface area contributed by atoms with Crippen LogP contribution in [0.1, 0.15) is 36.5 Å². The topological polar surface area (TPSA) is 116 Å². The number of aromatic nitrogens is 4. The molecule has 3 aromatic rings. The first-order valence-electron chi connectivity index (χ1n) is 9.34. The molecule has 9 nitrogen and oxygen atoms in total. The number of nitrogens with one attached hydrogen (secondary N) is 1. The minimum atomic E-state index is -4.16. The van der Waals surface area contributed by atoms with E-state index in [-0.39, 0.29) is 22.6 Å². The van der Waals surface area contributed by atoms with Crippen molar-refractivity contribution in [3.05, 3.63) is 53.0 Å². The quantitative estimate of drug-likeness (QED) is 0.599. The van der Waals surface area contributed by atoms with E-state index in [0.29, 0.717) is 23.4 Å². The van der Waals surface area contributed by atoms with E-state index in [9.17, 15) is 13.2 Å². The maximum absolute atomic E-state index is 12.9. The molecule has 0 unspecified atom stereocenters. The van der Waals surface area contributed by atoms with Crippen molar-refractivity contribution in [1.29, 1.82) is 0 Å². The molecule has 0 spiro atoms. The van der Waals surface area contributed by atoms with Crippen molar-refractivity contribution in [2.45, 2.75) is 45.9 Å². The number of hydrogen-bond donors (Lipinski definition) is 1. The zero-order valence-electron chi connectivity index (χ0n) is 17.4. The Balaban J connectivity index is 2.04. The maximum Gasteiger partial charge on any atom is 0.340 e. The molecule has 1 aromatic carbocycles. The lowest BCUT2D eigenvalue weighted by molar-refractivity contribution is -0.114. The van der Waals surface area contributed by atoms with Crippen molar-refractivity contribution in [1.82, 2.24) is 19.7 Å². The molecule has 10 heteroatoms. The molecule has 30 heavy (non-hydrogen) atoms. The number of hydrogen-bond acceptors (Lipinski definition) is 7. The highest BCUT2D eigenvalue weighted by Gasteiger charge is 2.25. The van der Waals surface area contributed by atoms with E-state index in [1.807, 2.05) is 26.8 Å². The molecule has 0 saturated carbocycles. The van der Waals surface area contributed by atoms with Crippen LogP contribution in [-0.4, -0.2) is 34.1 Å². The van der Waals surface area contributed by atoms with Crippen LogP contribution >= 0.6 is 0 Å². The van der Waals surface area contributed by atoms with Crippen LogP contribution in [0.15, 0.2) is 35.2 Å². The van der Waals surface area contributed by atoms with E-state index in [2.05, 4.69) is 20.4 Å². The number of amides is 1. The van der Waals surface area contributed by atoms with Gasteiger partial charge in [-0.25, -0.2) is 9.97 Å². The summed E-state index contributed by atoms with van der Waals surface area (Å²) in [4.78, 5) is 19.8. The Bertz CT molecular complexity index is 1180. The molecule has 0 aliphatic rings. The van der Waals surface area contributed by atoms with Crippen molar-refractivity contribution in [2.75, 3.05) is 5.32 Å². The summed E-state index contributed by atoms with van der Waals surface area (Å²) in [6.07, 6.45) is 0.517. The average molecular weight is 430 g/mol. The summed E-state index contributed by atoms with van der Waals surface area (Å²) < 4.78 is 32.7. The first-order chi connectivity index (χ1) is 14.1. The predicted molar refractivity (Wildman–Crippen MR) is 111 cm³/mol. The summed E-state index contributed by atoms with van der Waals surface area (Å²) in [5, 5.41) is 7.00. The standard InChI is InChI=1S/C20H23N5O4S/c1-6-18-14(4)24-25(20-21-12(2)11-13(3)22-20)19(18)29-30(27,28)17-9-7-16(8-10-17)23-15(5)26/h7-11H,6H2,1-5H3,(H,23,26). The number of nitrogens with zero attached hydrogens (tertiary/aromatic N) is 4. The van der Waals surface area contributed by atoms with Gasteiger partial charge in [0.25, 0.3) is 5.95 Å². The summed E-state index contributed by atoms with van der Waals surface area (Å²) in [5.41, 5.74) is 3.22. The Hall–Kier alpha value is -3.27. The number of rotatable bonds is 6. The lowest BCUT2D eigenvalue weighted by Gasteiger charge is -2.11. The largest absolute Gasteiger partial charge is 0.358 e. The Morgan fingerprint density at radius 1 is 1.10 bits per heavy atom. The van der Waals surface area contributed by atoms with E-state index in [0.717, 1.165) is 11.4 Å². The van der Waals surface area contributed by atoms with Crippen molar-refractivity contribution in [3.63, 3.8) is 0 Å². The van der Waals surface area contributed by atoms with Crippen molar-refractivity contribution in [3.8, 4) is 11.8 Å². The van der Waals surface area contributed by atoms with E-state index in [1.54, 1.807) is 6.92 Å². The Labute approximate surface area is 175 Å². The Morgan fingerprint density at radius 2 is 1.70 bits per heavy atom. The molecule has 158 valence electrons. The number of benzene rings is 1. The van der Waals surface area contributed by atoms with Crippen LogP contribution in [0.2, 0.25) is 0 Å². The third-order valence-electron chi connectivity index (χ3n) is 4.30. The summed E-state index contributed by atoms with van der Waals surface area (Å²) in [6.45, 7) is 8.68. The summed E-state index contributed by atoms with van der Waals surface area (Å²) >= 11 is 0. The predicted octanol–water partition coefficient (Wildman–Crippen LogP) is 2.88. The van der Waals surface area contributed by atoms with Gasteiger partial charge in [0.2, 0.25) is 11.8 Å². The lowest BCUT2D eigenvalue weighted by atomic mass is 10.2. The fraction of sp³-hybridized carbons (Fsp3) is 0.300. The van der Waals surface area contributed by atoms with Gasteiger partial charge >= 0.3 is 10.1 Å². The smallest absolute Gasteiger partial charge is 0.340 e. The van der Waals surface area contributed by atoms with Crippen LogP contribution in [0.3, 0.4) is 0 Å². The third-order valence-corrected chi connectivity index (χ3v) is 5.53. The molecule has 2 aromatic heterocycles. The number of aryl methyl sites for hydroxylation is 3. The normalized spacial score (nSPS) is 11.4. The molecule has 0 radical (unpaired) electrons. The number of carbonyl (C=O) groups excluding carboxylic acids is 1. The molecule has 0 saturated heterocycles. The van der Waals surface area contributed by atoms with Crippen LogP contribution in [0.4, 0.5) is 5.69 Å². The van der Waals surface area contributed by atoms with Gasteiger partial charge < -0.3 is 9.50 Å². The fourth-order valence-corrected chi connectivity index (χ4v) is 3.97. The minimum absolute atomic E-state index is 0.0506. The van der Waals surface area contributed by atoms with Gasteiger partial charge in [-0.2, -0.15) is 18.2 Å². The van der Waals surface area contributed by atoms with Gasteiger partial charge in [-0.05, 0) is 57.5 Å². The molecule has 0 bridgehead atoms. The second-order valence-corrected chi connectivity index (χ2v) is 8.37. The minimum Gasteiger partial charge on any atom is -0.358 e. The molecule has 0 aliphatic heterocycles. The van der Waals surface area contributed by atoms with Gasteiger partial charge in [-0.3, -0.25) is 4.79 Å². The lowest BCUT2D eigenvalue weighted by Crippen LogP contribution is -2.15. The molecular formula is C20H23N5O4S. The van der Waals surface area contributed by atoms with E-state index >= 15 is 0 Å². The van der Waals surface area contributed by atoms with E-state index < -0.39 is 10.1 Å². The van der Waals surface area contributed by atoms with Crippen LogP contribution in [0.5, 0.6) is 5.88 Å². The van der Waals surface area contributed by atoms with Gasteiger partial charge in [0.15, 0.2) is 0 Å². The molecule has 2 heterocycles. The van der Waals surface area contributed by atoms with Gasteiger partial charge in [0, 0.05) is 29.6 Å². The van der Waals surface area contributed by atoms with Gasteiger partial charge in [-0.1, -0.05) is 6.92 Å². The second-order valence-electron chi connectivity index (χ2n) is 6.83. The van der Waals surface area contributed by atoms with Gasteiger partial charge in [0.05, 0.1) is 5.69 Å². The number of carbonyl (C=O) groups is 1. The molecule has 0 atom stereocenters. The zero-order chi connectivity index (χ0) is 22.1. The maximum atomic E-state index is 12.9. The third kappa shape index (κ3) is 4.48. The molecule has 1 N–H and O–H groups in total. The van der Waals surface area contributed by atoms with Gasteiger partial charge in [0.1, 0.15) is 4.90 Å². The second kappa shape index (κ2) is 8.23. The molecular weight excluding hydrogens is 406 g/mol. The Kier molecular flexibility index (Phi) is 5.88. The molecule has 3 rings (SSSR count). The van der Waals surface area contributed by atoms with Crippen LogP contribution in [-0.2, 0) is 21.3 Å². The first-order valence-corrected chi connectivity index (χ1v) is 10.7. The Morgan fingerprint density at radius 3 is 2.23 bits per heavy atom. The summed E-state index contributed by atoms with van der Waals surface area (Å²) in [7, 11) is -4.16. The molecule has 0 fully saturated rings. The van der Waals surface area contributed by atoms with E-state index in [1.165, 1.54) is 35.9 Å². The summed E-state index contributed by atoms with van der Waals surface area (Å²) in [5.74, 6) is 0.0507. The fourth-order valence-electron chi connectivity index (χ4n) is 3.03. The van der Waals surface area contributed by atoms with Crippen LogP contribution < -0.4 is 9.50 Å². The monoisotopic (exact) mass is 429 g/mol.